The van der Waals surface area contributed by atoms with Gasteiger partial charge < -0.3 is 4.90 Å². The van der Waals surface area contributed by atoms with E-state index in [1.54, 1.807) is 11.3 Å². The van der Waals surface area contributed by atoms with Gasteiger partial charge in [-0.2, -0.15) is 5.10 Å². The third-order valence-electron chi connectivity index (χ3n) is 3.77. The molecule has 3 aromatic heterocycles. The van der Waals surface area contributed by atoms with Gasteiger partial charge in [-0.25, -0.2) is 15.0 Å². The Morgan fingerprint density at radius 2 is 2.09 bits per heavy atom. The minimum atomic E-state index is 0.380. The fraction of sp³-hybridized carbons (Fsp3) is 0.333. The van der Waals surface area contributed by atoms with Gasteiger partial charge in [0.1, 0.15) is 11.6 Å². The van der Waals surface area contributed by atoms with E-state index < -0.39 is 0 Å². The summed E-state index contributed by atoms with van der Waals surface area (Å²) in [5.74, 6) is 3.94. The van der Waals surface area contributed by atoms with Crippen molar-refractivity contribution >= 4 is 17.2 Å². The van der Waals surface area contributed by atoms with Crippen LogP contribution >= 0.6 is 11.3 Å². The SMILES string of the molecule is Cc1cc(N2CC(c3n[nH]c(C)n3)C2)nc(-c2cccs2)n1. The molecule has 6 nitrogen and oxygen atoms in total. The summed E-state index contributed by atoms with van der Waals surface area (Å²) < 4.78 is 0. The van der Waals surface area contributed by atoms with E-state index in [9.17, 15) is 0 Å². The van der Waals surface area contributed by atoms with Crippen molar-refractivity contribution in [1.82, 2.24) is 25.1 Å². The molecule has 0 spiro atoms. The zero-order valence-corrected chi connectivity index (χ0v) is 13.3. The van der Waals surface area contributed by atoms with Crippen LogP contribution in [0.15, 0.2) is 23.6 Å². The van der Waals surface area contributed by atoms with Crippen LogP contribution in [0.25, 0.3) is 10.7 Å². The maximum Gasteiger partial charge on any atom is 0.171 e. The molecule has 0 atom stereocenters. The molecular formula is C15H16N6S. The lowest BCUT2D eigenvalue weighted by atomic mass is 9.99. The highest BCUT2D eigenvalue weighted by Gasteiger charge is 2.32. The van der Waals surface area contributed by atoms with Gasteiger partial charge in [0.15, 0.2) is 11.6 Å². The first-order chi connectivity index (χ1) is 10.7. The van der Waals surface area contributed by atoms with Crippen molar-refractivity contribution < 1.29 is 0 Å². The molecule has 0 bridgehead atoms. The van der Waals surface area contributed by atoms with Crippen molar-refractivity contribution in [2.75, 3.05) is 18.0 Å². The Labute approximate surface area is 132 Å². The smallest absolute Gasteiger partial charge is 0.171 e. The van der Waals surface area contributed by atoms with Crippen molar-refractivity contribution in [2.24, 2.45) is 0 Å². The van der Waals surface area contributed by atoms with Gasteiger partial charge in [-0.1, -0.05) is 6.07 Å². The summed E-state index contributed by atoms with van der Waals surface area (Å²) in [5, 5.41) is 9.20. The van der Waals surface area contributed by atoms with Crippen molar-refractivity contribution in [3.63, 3.8) is 0 Å². The summed E-state index contributed by atoms with van der Waals surface area (Å²) in [7, 11) is 0. The van der Waals surface area contributed by atoms with Gasteiger partial charge in [-0.15, -0.1) is 11.3 Å². The minimum Gasteiger partial charge on any atom is -0.355 e. The molecule has 1 N–H and O–H groups in total. The van der Waals surface area contributed by atoms with E-state index in [1.165, 1.54) is 0 Å². The molecule has 1 fully saturated rings. The first kappa shape index (κ1) is 13.4. The van der Waals surface area contributed by atoms with Crippen LogP contribution in [0.1, 0.15) is 23.3 Å². The molecule has 0 aromatic carbocycles. The van der Waals surface area contributed by atoms with Gasteiger partial charge in [0.25, 0.3) is 0 Å². The molecule has 7 heteroatoms. The molecule has 0 radical (unpaired) electrons. The molecule has 1 aliphatic rings. The van der Waals surface area contributed by atoms with Gasteiger partial charge in [0.05, 0.1) is 10.8 Å². The fourth-order valence-corrected chi connectivity index (χ4v) is 3.26. The normalized spacial score (nSPS) is 15.1. The number of hydrogen-bond donors (Lipinski definition) is 1. The van der Waals surface area contributed by atoms with Crippen molar-refractivity contribution in [1.29, 1.82) is 0 Å². The molecule has 3 aromatic rings. The topological polar surface area (TPSA) is 70.6 Å². The molecule has 1 saturated heterocycles. The van der Waals surface area contributed by atoms with E-state index in [4.69, 9.17) is 4.98 Å². The van der Waals surface area contributed by atoms with Crippen LogP contribution < -0.4 is 4.90 Å². The van der Waals surface area contributed by atoms with E-state index in [2.05, 4.69) is 31.1 Å². The first-order valence-electron chi connectivity index (χ1n) is 7.22. The molecule has 0 unspecified atom stereocenters. The number of anilines is 1. The van der Waals surface area contributed by atoms with Gasteiger partial charge in [-0.05, 0) is 25.3 Å². The molecule has 4 rings (SSSR count). The summed E-state index contributed by atoms with van der Waals surface area (Å²) in [6.07, 6.45) is 0. The predicted molar refractivity (Wildman–Crippen MR) is 86.2 cm³/mol. The van der Waals surface area contributed by atoms with Crippen LogP contribution in [0.5, 0.6) is 0 Å². The Hall–Kier alpha value is -2.28. The Morgan fingerprint density at radius 1 is 1.23 bits per heavy atom. The van der Waals surface area contributed by atoms with Gasteiger partial charge in [0.2, 0.25) is 0 Å². The molecule has 0 aliphatic carbocycles. The number of rotatable bonds is 3. The quantitative estimate of drug-likeness (QED) is 0.805. The number of thiophene rings is 1. The first-order valence-corrected chi connectivity index (χ1v) is 8.10. The standard InChI is InChI=1S/C15H16N6S/c1-9-6-13(18-15(16-9)12-4-3-5-22-12)21-7-11(8-21)14-17-10(2)19-20-14/h3-6,11H,7-8H2,1-2H3,(H,17,19,20). The molecule has 4 heterocycles. The average molecular weight is 312 g/mol. The summed E-state index contributed by atoms with van der Waals surface area (Å²) >= 11 is 1.66. The second kappa shape index (κ2) is 5.17. The number of H-pyrrole nitrogens is 1. The predicted octanol–water partition coefficient (Wildman–Crippen LogP) is 2.54. The lowest BCUT2D eigenvalue weighted by Gasteiger charge is -2.38. The third kappa shape index (κ3) is 2.37. The lowest BCUT2D eigenvalue weighted by Crippen LogP contribution is -2.46. The second-order valence-electron chi connectivity index (χ2n) is 5.55. The number of hydrogen-bond acceptors (Lipinski definition) is 6. The van der Waals surface area contributed by atoms with Crippen LogP contribution in [-0.4, -0.2) is 38.2 Å². The highest BCUT2D eigenvalue weighted by atomic mass is 32.1. The number of aromatic amines is 1. The van der Waals surface area contributed by atoms with E-state index in [1.807, 2.05) is 31.4 Å². The summed E-state index contributed by atoms with van der Waals surface area (Å²) in [4.78, 5) is 17.0. The highest BCUT2D eigenvalue weighted by molar-refractivity contribution is 7.13. The molecule has 0 saturated carbocycles. The van der Waals surface area contributed by atoms with Crippen LogP contribution in [0.2, 0.25) is 0 Å². The maximum atomic E-state index is 4.71. The van der Waals surface area contributed by atoms with Gasteiger partial charge >= 0.3 is 0 Å². The van der Waals surface area contributed by atoms with Gasteiger partial charge in [-0.3, -0.25) is 5.10 Å². The number of aromatic nitrogens is 5. The zero-order valence-electron chi connectivity index (χ0n) is 12.4. The summed E-state index contributed by atoms with van der Waals surface area (Å²) in [6.45, 7) is 5.74. The van der Waals surface area contributed by atoms with Crippen LogP contribution in [0, 0.1) is 13.8 Å². The fourth-order valence-electron chi connectivity index (χ4n) is 2.60. The number of nitrogens with zero attached hydrogens (tertiary/aromatic N) is 5. The van der Waals surface area contributed by atoms with Crippen LogP contribution in [0.4, 0.5) is 5.82 Å². The lowest BCUT2D eigenvalue weighted by molar-refractivity contribution is 0.497. The Morgan fingerprint density at radius 3 is 2.77 bits per heavy atom. The number of nitrogens with one attached hydrogen (secondary N) is 1. The van der Waals surface area contributed by atoms with Gasteiger partial charge in [0, 0.05) is 24.8 Å². The Balaban J connectivity index is 1.54. The maximum absolute atomic E-state index is 4.71. The average Bonchev–Trinajstić information content (AvgIpc) is 3.08. The Kier molecular flexibility index (Phi) is 3.15. The molecule has 22 heavy (non-hydrogen) atoms. The van der Waals surface area contributed by atoms with E-state index in [-0.39, 0.29) is 0 Å². The summed E-state index contributed by atoms with van der Waals surface area (Å²) in [5.41, 5.74) is 0.991. The van der Waals surface area contributed by atoms with E-state index >= 15 is 0 Å². The largest absolute Gasteiger partial charge is 0.355 e. The minimum absolute atomic E-state index is 0.380. The highest BCUT2D eigenvalue weighted by Crippen LogP contribution is 2.31. The molecule has 112 valence electrons. The van der Waals surface area contributed by atoms with E-state index in [0.717, 1.165) is 47.0 Å². The van der Waals surface area contributed by atoms with E-state index in [0.29, 0.717) is 5.92 Å². The van der Waals surface area contributed by atoms with Crippen molar-refractivity contribution in [2.45, 2.75) is 19.8 Å². The molecule has 0 amide bonds. The third-order valence-corrected chi connectivity index (χ3v) is 4.63. The van der Waals surface area contributed by atoms with Crippen LogP contribution in [-0.2, 0) is 0 Å². The number of aryl methyl sites for hydroxylation is 2. The zero-order chi connectivity index (χ0) is 15.1. The second-order valence-corrected chi connectivity index (χ2v) is 6.50. The van der Waals surface area contributed by atoms with Crippen molar-refractivity contribution in [3.8, 4) is 10.7 Å². The Bertz CT molecular complexity index is 788. The molecular weight excluding hydrogens is 296 g/mol. The van der Waals surface area contributed by atoms with Crippen molar-refractivity contribution in [3.05, 3.63) is 40.9 Å². The summed E-state index contributed by atoms with van der Waals surface area (Å²) in [6, 6.07) is 6.12. The monoisotopic (exact) mass is 312 g/mol. The molecule has 1 aliphatic heterocycles. The van der Waals surface area contributed by atoms with Crippen LogP contribution in [0.3, 0.4) is 0 Å².